The van der Waals surface area contributed by atoms with Crippen LogP contribution in [0.25, 0.3) is 6.08 Å². The predicted molar refractivity (Wildman–Crippen MR) is 96.3 cm³/mol. The number of aryl methyl sites for hydroxylation is 1. The number of halogens is 1. The number of cyclic esters (lactones) is 1. The van der Waals surface area contributed by atoms with E-state index in [1.54, 1.807) is 18.2 Å². The molecule has 0 aliphatic carbocycles. The zero-order valence-electron chi connectivity index (χ0n) is 14.0. The van der Waals surface area contributed by atoms with E-state index in [9.17, 15) is 4.79 Å². The van der Waals surface area contributed by atoms with Gasteiger partial charge < -0.3 is 14.2 Å². The van der Waals surface area contributed by atoms with Crippen molar-refractivity contribution < 1.29 is 19.0 Å². The molecule has 0 radical (unpaired) electrons. The Kier molecular flexibility index (Phi) is 4.76. The summed E-state index contributed by atoms with van der Waals surface area (Å²) in [6, 6.07) is 11.0. The molecule has 2 aromatic rings. The standard InChI is InChI=1S/C19H16ClNO4/c1-11-4-6-13(7-5-11)18-21-15(19(22)25-18)9-12-8-14(20)17(24-3)16(10-12)23-2/h4-10H,1-3H3/b15-9+. The molecule has 0 unspecified atom stereocenters. The summed E-state index contributed by atoms with van der Waals surface area (Å²) >= 11 is 6.19. The lowest BCUT2D eigenvalue weighted by atomic mass is 10.1. The average molecular weight is 358 g/mol. The van der Waals surface area contributed by atoms with Crippen molar-refractivity contribution >= 4 is 29.5 Å². The molecule has 2 aromatic carbocycles. The number of aliphatic imine (C=N–C) groups is 1. The van der Waals surface area contributed by atoms with Gasteiger partial charge in [0.25, 0.3) is 0 Å². The molecule has 0 saturated heterocycles. The van der Waals surface area contributed by atoms with Gasteiger partial charge in [-0.3, -0.25) is 0 Å². The van der Waals surface area contributed by atoms with E-state index in [0.717, 1.165) is 11.1 Å². The maximum atomic E-state index is 12.1. The second-order valence-electron chi connectivity index (χ2n) is 5.44. The number of hydrogen-bond acceptors (Lipinski definition) is 5. The molecule has 0 fully saturated rings. The highest BCUT2D eigenvalue weighted by Crippen LogP contribution is 2.36. The normalized spacial score (nSPS) is 15.1. The molecule has 0 saturated carbocycles. The fourth-order valence-electron chi connectivity index (χ4n) is 2.41. The smallest absolute Gasteiger partial charge is 0.363 e. The van der Waals surface area contributed by atoms with E-state index in [-0.39, 0.29) is 11.6 Å². The Bertz CT molecular complexity index is 885. The minimum absolute atomic E-state index is 0.193. The van der Waals surface area contributed by atoms with E-state index in [4.69, 9.17) is 25.8 Å². The first kappa shape index (κ1) is 17.0. The fraction of sp³-hybridized carbons (Fsp3) is 0.158. The van der Waals surface area contributed by atoms with Crippen LogP contribution >= 0.6 is 11.6 Å². The highest BCUT2D eigenvalue weighted by molar-refractivity contribution is 6.32. The van der Waals surface area contributed by atoms with Crippen LogP contribution in [-0.4, -0.2) is 26.1 Å². The summed E-state index contributed by atoms with van der Waals surface area (Å²) in [5.41, 5.74) is 2.71. The van der Waals surface area contributed by atoms with Crippen molar-refractivity contribution in [1.29, 1.82) is 0 Å². The highest BCUT2D eigenvalue weighted by Gasteiger charge is 2.24. The van der Waals surface area contributed by atoms with Gasteiger partial charge in [-0.15, -0.1) is 0 Å². The number of ether oxygens (including phenoxy) is 3. The minimum atomic E-state index is -0.513. The number of esters is 1. The van der Waals surface area contributed by atoms with Crippen LogP contribution < -0.4 is 9.47 Å². The van der Waals surface area contributed by atoms with Gasteiger partial charge in [0, 0.05) is 5.56 Å². The maximum Gasteiger partial charge on any atom is 0.363 e. The van der Waals surface area contributed by atoms with Gasteiger partial charge in [-0.1, -0.05) is 29.3 Å². The van der Waals surface area contributed by atoms with E-state index in [2.05, 4.69) is 4.99 Å². The van der Waals surface area contributed by atoms with Gasteiger partial charge in [0.2, 0.25) is 5.90 Å². The van der Waals surface area contributed by atoms with Crippen molar-refractivity contribution in [2.45, 2.75) is 6.92 Å². The van der Waals surface area contributed by atoms with Gasteiger partial charge in [0.1, 0.15) is 0 Å². The molecule has 6 heteroatoms. The predicted octanol–water partition coefficient (Wildman–Crippen LogP) is 4.01. The molecule has 128 valence electrons. The monoisotopic (exact) mass is 357 g/mol. The van der Waals surface area contributed by atoms with Crippen LogP contribution in [0.15, 0.2) is 47.1 Å². The quantitative estimate of drug-likeness (QED) is 0.612. The largest absolute Gasteiger partial charge is 0.493 e. The number of methoxy groups -OCH3 is 2. The molecule has 0 amide bonds. The SMILES string of the molecule is COc1cc(/C=C2/N=C(c3ccc(C)cc3)OC2=O)cc(Cl)c1OC. The molecule has 0 spiro atoms. The van der Waals surface area contributed by atoms with E-state index < -0.39 is 5.97 Å². The van der Waals surface area contributed by atoms with Crippen molar-refractivity contribution in [1.82, 2.24) is 0 Å². The summed E-state index contributed by atoms with van der Waals surface area (Å²) in [6.07, 6.45) is 1.59. The van der Waals surface area contributed by atoms with E-state index in [1.807, 2.05) is 31.2 Å². The highest BCUT2D eigenvalue weighted by atomic mass is 35.5. The first-order chi connectivity index (χ1) is 12.0. The molecular formula is C19H16ClNO4. The Hall–Kier alpha value is -2.79. The Morgan fingerprint density at radius 2 is 1.84 bits per heavy atom. The zero-order chi connectivity index (χ0) is 18.0. The number of benzene rings is 2. The molecule has 0 aromatic heterocycles. The summed E-state index contributed by atoms with van der Waals surface area (Å²) in [5.74, 6) is 0.671. The third-order valence-corrected chi connectivity index (χ3v) is 3.96. The molecule has 5 nitrogen and oxygen atoms in total. The van der Waals surface area contributed by atoms with Gasteiger partial charge in [-0.25, -0.2) is 9.79 Å². The summed E-state index contributed by atoms with van der Waals surface area (Å²) in [4.78, 5) is 16.4. The van der Waals surface area contributed by atoms with Gasteiger partial charge in [0.15, 0.2) is 17.2 Å². The van der Waals surface area contributed by atoms with Gasteiger partial charge in [0.05, 0.1) is 19.2 Å². The van der Waals surface area contributed by atoms with Gasteiger partial charge in [-0.2, -0.15) is 0 Å². The molecule has 1 aliphatic rings. The Morgan fingerprint density at radius 3 is 2.48 bits per heavy atom. The maximum absolute atomic E-state index is 12.1. The van der Waals surface area contributed by atoms with Crippen LogP contribution in [0.3, 0.4) is 0 Å². The first-order valence-corrected chi connectivity index (χ1v) is 7.90. The minimum Gasteiger partial charge on any atom is -0.493 e. The van der Waals surface area contributed by atoms with Crippen molar-refractivity contribution in [3.63, 3.8) is 0 Å². The molecule has 0 N–H and O–H groups in total. The van der Waals surface area contributed by atoms with Gasteiger partial charge >= 0.3 is 5.97 Å². The Morgan fingerprint density at radius 1 is 1.12 bits per heavy atom. The van der Waals surface area contributed by atoms with Crippen molar-refractivity contribution in [2.75, 3.05) is 14.2 Å². The number of carbonyl (C=O) groups is 1. The topological polar surface area (TPSA) is 57.1 Å². The molecule has 1 aliphatic heterocycles. The van der Waals surface area contributed by atoms with E-state index in [1.165, 1.54) is 14.2 Å². The van der Waals surface area contributed by atoms with Crippen molar-refractivity contribution in [3.8, 4) is 11.5 Å². The third kappa shape index (κ3) is 3.51. The zero-order valence-corrected chi connectivity index (χ0v) is 14.8. The lowest BCUT2D eigenvalue weighted by molar-refractivity contribution is -0.129. The van der Waals surface area contributed by atoms with Crippen LogP contribution in [0.2, 0.25) is 5.02 Å². The summed E-state index contributed by atoms with van der Waals surface area (Å²) in [6.45, 7) is 1.98. The van der Waals surface area contributed by atoms with Crippen molar-refractivity contribution in [2.24, 2.45) is 4.99 Å². The molecular weight excluding hydrogens is 342 g/mol. The van der Waals surface area contributed by atoms with Crippen LogP contribution in [-0.2, 0) is 9.53 Å². The molecule has 3 rings (SSSR count). The first-order valence-electron chi connectivity index (χ1n) is 7.53. The molecule has 0 atom stereocenters. The molecule has 1 heterocycles. The lowest BCUT2D eigenvalue weighted by Gasteiger charge is -2.10. The summed E-state index contributed by atoms with van der Waals surface area (Å²) in [7, 11) is 3.02. The van der Waals surface area contributed by atoms with E-state index in [0.29, 0.717) is 22.1 Å². The van der Waals surface area contributed by atoms with Crippen LogP contribution in [0.4, 0.5) is 0 Å². The summed E-state index contributed by atoms with van der Waals surface area (Å²) in [5, 5.41) is 0.378. The molecule has 25 heavy (non-hydrogen) atoms. The third-order valence-electron chi connectivity index (χ3n) is 3.68. The lowest BCUT2D eigenvalue weighted by Crippen LogP contribution is -2.05. The number of rotatable bonds is 4. The van der Waals surface area contributed by atoms with Crippen LogP contribution in [0.5, 0.6) is 11.5 Å². The second-order valence-corrected chi connectivity index (χ2v) is 5.85. The van der Waals surface area contributed by atoms with Crippen LogP contribution in [0.1, 0.15) is 16.7 Å². The number of hydrogen-bond donors (Lipinski definition) is 0. The Labute approximate surface area is 150 Å². The Balaban J connectivity index is 1.97. The number of nitrogens with zero attached hydrogens (tertiary/aromatic N) is 1. The number of carbonyl (C=O) groups excluding carboxylic acids is 1. The second kappa shape index (κ2) is 6.99. The van der Waals surface area contributed by atoms with Crippen molar-refractivity contribution in [3.05, 3.63) is 63.8 Å². The summed E-state index contributed by atoms with van der Waals surface area (Å²) < 4.78 is 15.7. The fourth-order valence-corrected chi connectivity index (χ4v) is 2.70. The molecule has 0 bridgehead atoms. The average Bonchev–Trinajstić information content (AvgIpc) is 2.95. The van der Waals surface area contributed by atoms with Crippen LogP contribution in [0, 0.1) is 6.92 Å². The van der Waals surface area contributed by atoms with Gasteiger partial charge in [-0.05, 0) is 42.8 Å². The van der Waals surface area contributed by atoms with E-state index >= 15 is 0 Å².